The molecule has 0 bridgehead atoms. The van der Waals surface area contributed by atoms with Crippen LogP contribution in [0.1, 0.15) is 51.7 Å². The number of carboxylic acid groups (broad SMARTS) is 1. The quantitative estimate of drug-likeness (QED) is 0.461. The Kier molecular flexibility index (Phi) is 8.61. The van der Waals surface area contributed by atoms with Gasteiger partial charge in [0.05, 0.1) is 20.2 Å². The number of carbonyl (C=O) groups is 2. The minimum absolute atomic E-state index is 0.160. The van der Waals surface area contributed by atoms with E-state index in [-0.39, 0.29) is 31.2 Å². The summed E-state index contributed by atoms with van der Waals surface area (Å²) in [4.78, 5) is 29.0. The summed E-state index contributed by atoms with van der Waals surface area (Å²) in [5, 5.41) is 10.1. The van der Waals surface area contributed by atoms with Gasteiger partial charge in [-0.2, -0.15) is 0 Å². The summed E-state index contributed by atoms with van der Waals surface area (Å²) in [6.07, 6.45) is 0.779. The molecule has 0 unspecified atom stereocenters. The van der Waals surface area contributed by atoms with Crippen LogP contribution in [0.3, 0.4) is 0 Å². The molecule has 36 heavy (non-hydrogen) atoms. The summed E-state index contributed by atoms with van der Waals surface area (Å²) in [6.45, 7) is 8.12. The van der Waals surface area contributed by atoms with Gasteiger partial charge in [-0.05, 0) is 51.0 Å². The van der Waals surface area contributed by atoms with Crippen molar-refractivity contribution in [3.8, 4) is 5.75 Å². The maximum absolute atomic E-state index is 14.8. The number of hydrogen-bond acceptors (Lipinski definition) is 4. The standard InChI is InChI=1S/C28H37FN2O5/c1-6-7-16-36-28(22-10-8-9-11-23(22)29)18-30(19-28)25(32)24(31(26(33)34)27(2,3)4)17-20-12-14-21(35-5)15-13-20/h8-15,24H,6-7,16-19H2,1-5H3,(H,33,34)/t24-/m1/s1. The van der Waals surface area contributed by atoms with Crippen molar-refractivity contribution in [2.75, 3.05) is 26.8 Å². The van der Waals surface area contributed by atoms with Gasteiger partial charge in [0.15, 0.2) is 0 Å². The van der Waals surface area contributed by atoms with Gasteiger partial charge < -0.3 is 19.5 Å². The number of benzene rings is 2. The molecule has 0 radical (unpaired) electrons. The lowest BCUT2D eigenvalue weighted by Crippen LogP contribution is -2.67. The minimum Gasteiger partial charge on any atom is -0.497 e. The molecule has 1 atom stereocenters. The molecule has 7 nitrogen and oxygen atoms in total. The van der Waals surface area contributed by atoms with E-state index in [1.54, 1.807) is 63.1 Å². The second kappa shape index (κ2) is 11.3. The van der Waals surface area contributed by atoms with Gasteiger partial charge in [-0.15, -0.1) is 0 Å². The van der Waals surface area contributed by atoms with E-state index >= 15 is 0 Å². The fourth-order valence-electron chi connectivity index (χ4n) is 4.68. The smallest absolute Gasteiger partial charge is 0.408 e. The zero-order valence-electron chi connectivity index (χ0n) is 21.8. The largest absolute Gasteiger partial charge is 0.497 e. The fourth-order valence-corrected chi connectivity index (χ4v) is 4.68. The number of ether oxygens (including phenoxy) is 2. The third kappa shape index (κ3) is 5.98. The number of amides is 2. The Labute approximate surface area is 212 Å². The topological polar surface area (TPSA) is 79.3 Å². The highest BCUT2D eigenvalue weighted by Crippen LogP contribution is 2.39. The van der Waals surface area contributed by atoms with Crippen LogP contribution in [0.5, 0.6) is 5.75 Å². The van der Waals surface area contributed by atoms with Crippen LogP contribution in [0.2, 0.25) is 0 Å². The minimum atomic E-state index is -1.17. The molecule has 3 rings (SSSR count). The Morgan fingerprint density at radius 3 is 2.31 bits per heavy atom. The van der Waals surface area contributed by atoms with Crippen LogP contribution in [-0.2, 0) is 21.6 Å². The number of rotatable bonds is 10. The zero-order chi connectivity index (χ0) is 26.5. The van der Waals surface area contributed by atoms with E-state index < -0.39 is 23.3 Å². The summed E-state index contributed by atoms with van der Waals surface area (Å²) >= 11 is 0. The average molecular weight is 501 g/mol. The molecule has 1 N–H and O–H groups in total. The number of carbonyl (C=O) groups excluding carboxylic acids is 1. The van der Waals surface area contributed by atoms with Gasteiger partial charge in [0.1, 0.15) is 23.2 Å². The third-order valence-corrected chi connectivity index (χ3v) is 6.56. The summed E-state index contributed by atoms with van der Waals surface area (Å²) in [6, 6.07) is 12.7. The molecule has 0 aromatic heterocycles. The van der Waals surface area contributed by atoms with Crippen molar-refractivity contribution in [1.29, 1.82) is 0 Å². The fraction of sp³-hybridized carbons (Fsp3) is 0.500. The number of halogens is 1. The number of hydrogen-bond donors (Lipinski definition) is 1. The van der Waals surface area contributed by atoms with Crippen molar-refractivity contribution in [3.05, 3.63) is 65.5 Å². The lowest BCUT2D eigenvalue weighted by atomic mass is 9.84. The van der Waals surface area contributed by atoms with Crippen LogP contribution >= 0.6 is 0 Å². The van der Waals surface area contributed by atoms with E-state index in [4.69, 9.17) is 9.47 Å². The molecule has 1 heterocycles. The monoisotopic (exact) mass is 500 g/mol. The van der Waals surface area contributed by atoms with Crippen molar-refractivity contribution in [2.45, 2.75) is 64.1 Å². The van der Waals surface area contributed by atoms with E-state index in [1.165, 1.54) is 11.0 Å². The molecule has 0 saturated carbocycles. The van der Waals surface area contributed by atoms with E-state index in [9.17, 15) is 19.1 Å². The molecule has 0 aliphatic carbocycles. The van der Waals surface area contributed by atoms with Crippen LogP contribution in [0.15, 0.2) is 48.5 Å². The second-order valence-corrected chi connectivity index (χ2v) is 10.3. The van der Waals surface area contributed by atoms with Gasteiger partial charge in [-0.3, -0.25) is 9.69 Å². The first-order chi connectivity index (χ1) is 17.0. The Morgan fingerprint density at radius 2 is 1.78 bits per heavy atom. The van der Waals surface area contributed by atoms with Crippen LogP contribution < -0.4 is 4.74 Å². The van der Waals surface area contributed by atoms with Crippen molar-refractivity contribution >= 4 is 12.0 Å². The van der Waals surface area contributed by atoms with Gasteiger partial charge in [-0.25, -0.2) is 9.18 Å². The van der Waals surface area contributed by atoms with E-state index in [2.05, 4.69) is 0 Å². The van der Waals surface area contributed by atoms with E-state index in [1.807, 2.05) is 19.1 Å². The first-order valence-electron chi connectivity index (χ1n) is 12.4. The van der Waals surface area contributed by atoms with Crippen molar-refractivity contribution in [1.82, 2.24) is 9.80 Å². The lowest BCUT2D eigenvalue weighted by Gasteiger charge is -2.52. The third-order valence-electron chi connectivity index (χ3n) is 6.56. The molecule has 2 aromatic rings. The zero-order valence-corrected chi connectivity index (χ0v) is 21.8. The van der Waals surface area contributed by atoms with Crippen LogP contribution in [0, 0.1) is 5.82 Å². The molecule has 0 spiro atoms. The molecule has 1 fully saturated rings. The molecule has 8 heteroatoms. The molecule has 196 valence electrons. The van der Waals surface area contributed by atoms with Gasteiger partial charge in [-0.1, -0.05) is 43.7 Å². The lowest BCUT2D eigenvalue weighted by molar-refractivity contribution is -0.178. The van der Waals surface area contributed by atoms with Gasteiger partial charge >= 0.3 is 6.09 Å². The first kappa shape index (κ1) is 27.5. The van der Waals surface area contributed by atoms with Crippen molar-refractivity contribution < 1.29 is 28.6 Å². The molecule has 2 aromatic carbocycles. The number of likely N-dealkylation sites (tertiary alicyclic amines) is 1. The molecular weight excluding hydrogens is 463 g/mol. The van der Waals surface area contributed by atoms with Crippen LogP contribution in [0.4, 0.5) is 9.18 Å². The molecule has 1 saturated heterocycles. The SMILES string of the molecule is CCCCOC1(c2ccccc2F)CN(C(=O)[C@@H](Cc2ccc(OC)cc2)N(C(=O)O)C(C)(C)C)C1. The van der Waals surface area contributed by atoms with Crippen LogP contribution in [0.25, 0.3) is 0 Å². The molecule has 1 aliphatic heterocycles. The summed E-state index contributed by atoms with van der Waals surface area (Å²) < 4.78 is 26.2. The average Bonchev–Trinajstić information content (AvgIpc) is 2.80. The van der Waals surface area contributed by atoms with Crippen molar-refractivity contribution in [3.63, 3.8) is 0 Å². The first-order valence-corrected chi connectivity index (χ1v) is 12.4. The number of unbranched alkanes of at least 4 members (excludes halogenated alkanes) is 1. The maximum atomic E-state index is 14.8. The summed E-state index contributed by atoms with van der Waals surface area (Å²) in [7, 11) is 1.57. The Morgan fingerprint density at radius 1 is 1.14 bits per heavy atom. The molecular formula is C28H37FN2O5. The maximum Gasteiger partial charge on any atom is 0.408 e. The molecule has 1 aliphatic rings. The highest BCUT2D eigenvalue weighted by Gasteiger charge is 2.51. The van der Waals surface area contributed by atoms with Gasteiger partial charge in [0.2, 0.25) is 5.91 Å². The Hall–Kier alpha value is -3.13. The highest BCUT2D eigenvalue weighted by molar-refractivity contribution is 5.87. The van der Waals surface area contributed by atoms with E-state index in [0.29, 0.717) is 17.9 Å². The number of methoxy groups -OCH3 is 1. The normalized spacial score (nSPS) is 15.7. The highest BCUT2D eigenvalue weighted by atomic mass is 19.1. The predicted octanol–water partition coefficient (Wildman–Crippen LogP) is 5.08. The molecule has 2 amide bonds. The summed E-state index contributed by atoms with van der Waals surface area (Å²) in [5.41, 5.74) is -0.534. The summed E-state index contributed by atoms with van der Waals surface area (Å²) in [5.74, 6) is -0.0267. The van der Waals surface area contributed by atoms with Gasteiger partial charge in [0.25, 0.3) is 0 Å². The number of nitrogens with zero attached hydrogens (tertiary/aromatic N) is 2. The Bertz CT molecular complexity index is 1040. The van der Waals surface area contributed by atoms with Crippen LogP contribution in [-0.4, -0.2) is 65.3 Å². The predicted molar refractivity (Wildman–Crippen MR) is 136 cm³/mol. The second-order valence-electron chi connectivity index (χ2n) is 10.3. The van der Waals surface area contributed by atoms with Crippen molar-refractivity contribution in [2.24, 2.45) is 0 Å². The van der Waals surface area contributed by atoms with Gasteiger partial charge in [0, 0.05) is 24.1 Å². The van der Waals surface area contributed by atoms with E-state index in [0.717, 1.165) is 18.4 Å². The Balaban J connectivity index is 1.90.